The minimum Gasteiger partial charge on any atom is -0.466 e. The average molecular weight is 915 g/mol. The summed E-state index contributed by atoms with van der Waals surface area (Å²) < 4.78 is 5.43. The molecule has 6 nitrogen and oxygen atoms in total. The fraction of sp³-hybridized carbons (Fsp3) is 0.864. The van der Waals surface area contributed by atoms with Gasteiger partial charge in [0.25, 0.3) is 0 Å². The van der Waals surface area contributed by atoms with Crippen molar-refractivity contribution >= 4 is 11.9 Å². The molecule has 0 saturated carbocycles. The molecule has 0 aliphatic heterocycles. The summed E-state index contributed by atoms with van der Waals surface area (Å²) in [6.45, 7) is 4.85. The van der Waals surface area contributed by atoms with Gasteiger partial charge in [-0.3, -0.25) is 9.59 Å². The van der Waals surface area contributed by atoms with E-state index in [0.29, 0.717) is 19.4 Å². The van der Waals surface area contributed by atoms with Crippen molar-refractivity contribution in [1.29, 1.82) is 0 Å². The monoisotopic (exact) mass is 914 g/mol. The Bertz CT molecular complexity index is 1060. The van der Waals surface area contributed by atoms with Crippen molar-refractivity contribution in [3.05, 3.63) is 36.5 Å². The van der Waals surface area contributed by atoms with E-state index < -0.39 is 12.1 Å². The van der Waals surface area contributed by atoms with Gasteiger partial charge >= 0.3 is 5.97 Å². The number of carbonyl (C=O) groups excluding carboxylic acids is 2. The summed E-state index contributed by atoms with van der Waals surface area (Å²) in [5, 5.41) is 23.2. The first kappa shape index (κ1) is 63.1. The van der Waals surface area contributed by atoms with Gasteiger partial charge in [0, 0.05) is 12.8 Å². The number of amides is 1. The molecule has 0 spiro atoms. The lowest BCUT2D eigenvalue weighted by molar-refractivity contribution is -0.143. The lowest BCUT2D eigenvalue weighted by Gasteiger charge is -2.20. The first-order valence-electron chi connectivity index (χ1n) is 28.8. The Morgan fingerprint density at radius 3 is 1.14 bits per heavy atom. The summed E-state index contributed by atoms with van der Waals surface area (Å²) in [5.41, 5.74) is 0. The van der Waals surface area contributed by atoms with E-state index in [-0.39, 0.29) is 18.5 Å². The number of unbranched alkanes of at least 4 members (excludes halogenated alkanes) is 39. The van der Waals surface area contributed by atoms with E-state index in [0.717, 1.165) is 77.0 Å². The minimum absolute atomic E-state index is 0.0231. The largest absolute Gasteiger partial charge is 0.466 e. The summed E-state index contributed by atoms with van der Waals surface area (Å²) in [7, 11) is 0. The molecule has 1 amide bonds. The van der Waals surface area contributed by atoms with Crippen molar-refractivity contribution < 1.29 is 24.5 Å². The van der Waals surface area contributed by atoms with Gasteiger partial charge in [0.15, 0.2) is 0 Å². The molecule has 6 heteroatoms. The molecule has 65 heavy (non-hydrogen) atoms. The van der Waals surface area contributed by atoms with Crippen LogP contribution in [-0.2, 0) is 14.3 Å². The van der Waals surface area contributed by atoms with Crippen LogP contribution in [-0.4, -0.2) is 47.4 Å². The number of rotatable bonds is 53. The second-order valence-corrected chi connectivity index (χ2v) is 19.7. The van der Waals surface area contributed by atoms with Crippen LogP contribution < -0.4 is 5.32 Å². The van der Waals surface area contributed by atoms with Crippen molar-refractivity contribution in [2.24, 2.45) is 0 Å². The SMILES string of the molecule is CCCCCCCCCCCCCCCCCCCCCC/C=C/C(O)C(CO)NC(=O)CCCCCCCC/C=C\C=C/CCCCCOC(=O)CCCCCCCCCCCCC. The molecule has 2 unspecified atom stereocenters. The number of aliphatic hydroxyl groups is 2. The van der Waals surface area contributed by atoms with Crippen LogP contribution in [0.25, 0.3) is 0 Å². The van der Waals surface area contributed by atoms with Crippen LogP contribution >= 0.6 is 0 Å². The number of carbonyl (C=O) groups is 2. The normalized spacial score (nSPS) is 12.9. The second-order valence-electron chi connectivity index (χ2n) is 19.7. The first-order valence-corrected chi connectivity index (χ1v) is 28.8. The van der Waals surface area contributed by atoms with Crippen LogP contribution in [0.3, 0.4) is 0 Å². The van der Waals surface area contributed by atoms with E-state index >= 15 is 0 Å². The molecular weight excluding hydrogens is 803 g/mol. The molecule has 382 valence electrons. The molecule has 0 fully saturated rings. The van der Waals surface area contributed by atoms with Gasteiger partial charge in [0.2, 0.25) is 5.91 Å². The number of ether oxygens (including phenoxy) is 1. The average Bonchev–Trinajstić information content (AvgIpc) is 3.31. The fourth-order valence-electron chi connectivity index (χ4n) is 8.74. The number of esters is 1. The highest BCUT2D eigenvalue weighted by molar-refractivity contribution is 5.76. The van der Waals surface area contributed by atoms with Gasteiger partial charge in [-0.25, -0.2) is 0 Å². The Balaban J connectivity index is 3.55. The molecule has 0 aromatic heterocycles. The zero-order chi connectivity index (χ0) is 47.2. The highest BCUT2D eigenvalue weighted by Crippen LogP contribution is 2.17. The number of allylic oxidation sites excluding steroid dienone is 5. The van der Waals surface area contributed by atoms with E-state index in [1.165, 1.54) is 199 Å². The predicted octanol–water partition coefficient (Wildman–Crippen LogP) is 17.6. The van der Waals surface area contributed by atoms with Gasteiger partial charge in [-0.05, 0) is 64.2 Å². The van der Waals surface area contributed by atoms with Crippen molar-refractivity contribution in [3.63, 3.8) is 0 Å². The van der Waals surface area contributed by atoms with Gasteiger partial charge in [-0.1, -0.05) is 262 Å². The van der Waals surface area contributed by atoms with Crippen LogP contribution in [0.15, 0.2) is 36.5 Å². The van der Waals surface area contributed by atoms with E-state index in [4.69, 9.17) is 4.74 Å². The Hall–Kier alpha value is -1.92. The summed E-state index contributed by atoms with van der Waals surface area (Å²) in [5.74, 6) is -0.112. The van der Waals surface area contributed by atoms with Gasteiger partial charge < -0.3 is 20.3 Å². The highest BCUT2D eigenvalue weighted by Gasteiger charge is 2.18. The summed E-state index contributed by atoms with van der Waals surface area (Å²) in [4.78, 5) is 24.4. The Morgan fingerprint density at radius 1 is 0.431 bits per heavy atom. The molecule has 3 N–H and O–H groups in total. The van der Waals surface area contributed by atoms with Crippen LogP contribution in [0.1, 0.15) is 303 Å². The molecule has 0 rings (SSSR count). The number of hydrogen-bond acceptors (Lipinski definition) is 5. The molecule has 0 aliphatic rings. The Labute approximate surface area is 404 Å². The summed E-state index contributed by atoms with van der Waals surface area (Å²) >= 11 is 0. The predicted molar refractivity (Wildman–Crippen MR) is 283 cm³/mol. The smallest absolute Gasteiger partial charge is 0.305 e. The van der Waals surface area contributed by atoms with Gasteiger partial charge in [0.05, 0.1) is 25.4 Å². The second kappa shape index (κ2) is 54.7. The number of aliphatic hydroxyl groups excluding tert-OH is 2. The Kier molecular flexibility index (Phi) is 53.1. The van der Waals surface area contributed by atoms with Crippen molar-refractivity contribution in [1.82, 2.24) is 5.32 Å². The maximum absolute atomic E-state index is 12.5. The molecule has 0 aromatic rings. The lowest BCUT2D eigenvalue weighted by Crippen LogP contribution is -2.45. The molecule has 0 saturated heterocycles. The molecular formula is C59H111NO5. The number of hydrogen-bond donors (Lipinski definition) is 3. The highest BCUT2D eigenvalue weighted by atomic mass is 16.5. The van der Waals surface area contributed by atoms with Crippen molar-refractivity contribution in [3.8, 4) is 0 Å². The maximum Gasteiger partial charge on any atom is 0.305 e. The van der Waals surface area contributed by atoms with Gasteiger partial charge in [-0.2, -0.15) is 0 Å². The first-order chi connectivity index (χ1) is 32.0. The van der Waals surface area contributed by atoms with E-state index in [9.17, 15) is 19.8 Å². The molecule has 0 radical (unpaired) electrons. The molecule has 0 bridgehead atoms. The topological polar surface area (TPSA) is 95.9 Å². The van der Waals surface area contributed by atoms with Crippen molar-refractivity contribution in [2.45, 2.75) is 315 Å². The molecule has 0 aromatic carbocycles. The zero-order valence-electron chi connectivity index (χ0n) is 43.5. The van der Waals surface area contributed by atoms with Crippen LogP contribution in [0.5, 0.6) is 0 Å². The van der Waals surface area contributed by atoms with Gasteiger partial charge in [0.1, 0.15) is 0 Å². The molecule has 2 atom stereocenters. The van der Waals surface area contributed by atoms with Gasteiger partial charge in [-0.15, -0.1) is 0 Å². The lowest BCUT2D eigenvalue weighted by atomic mass is 10.0. The minimum atomic E-state index is -0.860. The summed E-state index contributed by atoms with van der Waals surface area (Å²) in [6, 6.07) is -0.645. The maximum atomic E-state index is 12.5. The molecule has 0 heterocycles. The third-order valence-electron chi connectivity index (χ3n) is 13.2. The van der Waals surface area contributed by atoms with E-state index in [1.54, 1.807) is 6.08 Å². The van der Waals surface area contributed by atoms with Crippen LogP contribution in [0.4, 0.5) is 0 Å². The quantitative estimate of drug-likeness (QED) is 0.0244. The third-order valence-corrected chi connectivity index (χ3v) is 13.2. The number of nitrogens with one attached hydrogen (secondary N) is 1. The van der Waals surface area contributed by atoms with E-state index in [2.05, 4.69) is 43.5 Å². The summed E-state index contributed by atoms with van der Waals surface area (Å²) in [6.07, 6.45) is 67.4. The third kappa shape index (κ3) is 51.3. The zero-order valence-corrected chi connectivity index (χ0v) is 43.5. The Morgan fingerprint density at radius 2 is 0.754 bits per heavy atom. The fourth-order valence-corrected chi connectivity index (χ4v) is 8.74. The van der Waals surface area contributed by atoms with E-state index in [1.807, 2.05) is 6.08 Å². The standard InChI is InChI=1S/C59H111NO5/c1-3-5-7-9-11-13-15-16-17-18-19-20-21-22-23-25-28-32-35-39-43-47-51-57(62)56(55-61)60-58(63)52-48-44-40-36-33-29-26-24-27-30-34-38-42-46-50-54-65-59(64)53-49-45-41-37-31-14-12-10-8-6-4-2/h24,27,30,34,47,51,56-57,61-62H,3-23,25-26,28-29,31-33,35-46,48-50,52-55H2,1-2H3,(H,60,63)/b27-24-,34-30-,51-47+. The molecule has 0 aliphatic carbocycles. The van der Waals surface area contributed by atoms with Crippen LogP contribution in [0, 0.1) is 0 Å². The van der Waals surface area contributed by atoms with Crippen molar-refractivity contribution in [2.75, 3.05) is 13.2 Å². The van der Waals surface area contributed by atoms with Crippen LogP contribution in [0.2, 0.25) is 0 Å².